The van der Waals surface area contributed by atoms with Crippen LogP contribution in [-0.2, 0) is 9.59 Å². The smallest absolute Gasteiger partial charge is 0.319 e. The van der Waals surface area contributed by atoms with Crippen molar-refractivity contribution in [2.75, 3.05) is 48.5 Å². The fourth-order valence-electron chi connectivity index (χ4n) is 2.14. The highest BCUT2D eigenvalue weighted by atomic mass is 16.2. The van der Waals surface area contributed by atoms with Gasteiger partial charge in [-0.15, -0.1) is 0 Å². The Morgan fingerprint density at radius 1 is 0.607 bits per heavy atom. The van der Waals surface area contributed by atoms with Crippen molar-refractivity contribution < 1.29 is 14.4 Å². The zero-order valence-electron chi connectivity index (χ0n) is 14.8. The van der Waals surface area contributed by atoms with Crippen LogP contribution in [0.15, 0.2) is 19.2 Å². The predicted octanol–water partition coefficient (Wildman–Crippen LogP) is -3.16. The monoisotopic (exact) mass is 392 g/mol. The van der Waals surface area contributed by atoms with Crippen LogP contribution in [0.2, 0.25) is 0 Å². The summed E-state index contributed by atoms with van der Waals surface area (Å²) in [5.74, 6) is -1.24. The first-order valence-corrected chi connectivity index (χ1v) is 7.84. The normalized spacial score (nSPS) is 10.4. The number of nitrogens with one attached hydrogen (secondary N) is 6. The molecule has 0 aliphatic carbocycles. The van der Waals surface area contributed by atoms with E-state index in [2.05, 4.69) is 31.9 Å². The zero-order valence-corrected chi connectivity index (χ0v) is 14.8. The molecule has 2 rings (SSSR count). The van der Waals surface area contributed by atoms with Gasteiger partial charge in [0.2, 0.25) is 11.8 Å². The molecule has 0 fully saturated rings. The molecule has 4 amide bonds. The first-order chi connectivity index (χ1) is 13.2. The summed E-state index contributed by atoms with van der Waals surface area (Å²) in [7, 11) is 2.69. The van der Waals surface area contributed by atoms with Crippen LogP contribution in [0.5, 0.6) is 0 Å². The van der Waals surface area contributed by atoms with Crippen molar-refractivity contribution in [3.05, 3.63) is 40.9 Å². The number of amides is 4. The summed E-state index contributed by atoms with van der Waals surface area (Å²) in [4.78, 5) is 80.5. The van der Waals surface area contributed by atoms with Crippen LogP contribution in [0.1, 0.15) is 0 Å². The van der Waals surface area contributed by atoms with E-state index < -0.39 is 46.1 Å². The van der Waals surface area contributed by atoms with E-state index in [0.717, 1.165) is 0 Å². The average molecular weight is 392 g/mol. The topological polar surface area (TPSA) is 192 Å². The molecular weight excluding hydrogens is 376 g/mol. The number of rotatable bonds is 8. The van der Waals surface area contributed by atoms with Crippen LogP contribution in [0, 0.1) is 0 Å². The Morgan fingerprint density at radius 2 is 1.04 bits per heavy atom. The fraction of sp³-hybridized carbons (Fsp3) is 0.267. The van der Waals surface area contributed by atoms with Gasteiger partial charge in [-0.1, -0.05) is 0 Å². The Hall–Kier alpha value is -4.03. The van der Waals surface area contributed by atoms with Crippen LogP contribution < -0.4 is 53.6 Å². The Labute approximate surface area is 155 Å². The van der Waals surface area contributed by atoms with Crippen molar-refractivity contribution in [2.45, 2.75) is 0 Å². The Balaban J connectivity index is 2.00. The van der Waals surface area contributed by atoms with Crippen molar-refractivity contribution in [1.82, 2.24) is 10.6 Å². The molecule has 28 heavy (non-hydrogen) atoms. The minimum absolute atomic E-state index is 0.210. The predicted molar refractivity (Wildman–Crippen MR) is 100 cm³/mol. The molecule has 0 saturated carbocycles. The lowest BCUT2D eigenvalue weighted by Crippen LogP contribution is -2.43. The van der Waals surface area contributed by atoms with Crippen LogP contribution in [0.3, 0.4) is 0 Å². The van der Waals surface area contributed by atoms with Gasteiger partial charge in [0, 0.05) is 14.1 Å². The number of carbonyl (C=O) groups excluding carboxylic acids is 3. The maximum atomic E-state index is 12.0. The molecule has 6 N–H and O–H groups in total. The molecule has 0 bridgehead atoms. The summed E-state index contributed by atoms with van der Waals surface area (Å²) in [5.41, 5.74) is -4.73. The fourth-order valence-corrected chi connectivity index (χ4v) is 2.14. The molecule has 0 unspecified atom stereocenters. The van der Waals surface area contributed by atoms with E-state index in [-0.39, 0.29) is 29.3 Å². The van der Waals surface area contributed by atoms with Crippen LogP contribution in [0.4, 0.5) is 27.5 Å². The molecule has 0 saturated heterocycles. The highest BCUT2D eigenvalue weighted by Gasteiger charge is 2.25. The molecule has 0 atom stereocenters. The van der Waals surface area contributed by atoms with Gasteiger partial charge in [0.25, 0.3) is 21.7 Å². The minimum atomic E-state index is -0.941. The Bertz CT molecular complexity index is 1090. The van der Waals surface area contributed by atoms with E-state index >= 15 is 0 Å². The zero-order chi connectivity index (χ0) is 21.0. The summed E-state index contributed by atoms with van der Waals surface area (Å²) < 4.78 is 0. The Kier molecular flexibility index (Phi) is 5.88. The Morgan fingerprint density at radius 3 is 1.50 bits per heavy atom. The summed E-state index contributed by atoms with van der Waals surface area (Å²) in [6.45, 7) is -0.804. The van der Waals surface area contributed by atoms with E-state index in [4.69, 9.17) is 0 Å². The molecule has 0 radical (unpaired) electrons. The molecule has 13 heteroatoms. The summed E-state index contributed by atoms with van der Waals surface area (Å²) in [5, 5.41) is 13.7. The third-order valence-electron chi connectivity index (χ3n) is 3.68. The molecule has 0 aromatic heterocycles. The summed E-state index contributed by atoms with van der Waals surface area (Å²) >= 11 is 0. The third kappa shape index (κ3) is 3.87. The molecule has 0 spiro atoms. The SMILES string of the molecule is CNC(=O)CNc1c(NC(=O)CNc2c(NC(=O)NC)c(=O)c2=O)c(=O)c1=O. The number of hydrogen-bond donors (Lipinski definition) is 6. The molecule has 0 aliphatic rings. The number of anilines is 4. The van der Waals surface area contributed by atoms with Crippen molar-refractivity contribution in [3.8, 4) is 0 Å². The van der Waals surface area contributed by atoms with Crippen molar-refractivity contribution in [1.29, 1.82) is 0 Å². The lowest BCUT2D eigenvalue weighted by atomic mass is 10.1. The van der Waals surface area contributed by atoms with Gasteiger partial charge in [0.15, 0.2) is 0 Å². The van der Waals surface area contributed by atoms with Gasteiger partial charge < -0.3 is 31.9 Å². The quantitative estimate of drug-likeness (QED) is 0.252. The van der Waals surface area contributed by atoms with Gasteiger partial charge in [-0.3, -0.25) is 28.8 Å². The molecule has 13 nitrogen and oxygen atoms in total. The second-order valence-electron chi connectivity index (χ2n) is 5.45. The molecular formula is C15H16N6O7. The lowest BCUT2D eigenvalue weighted by molar-refractivity contribution is -0.119. The number of urea groups is 1. The lowest BCUT2D eigenvalue weighted by Gasteiger charge is -2.15. The van der Waals surface area contributed by atoms with Crippen LogP contribution in [-0.4, -0.2) is 45.0 Å². The number of carbonyl (C=O) groups is 3. The molecule has 148 valence electrons. The van der Waals surface area contributed by atoms with Crippen molar-refractivity contribution in [3.63, 3.8) is 0 Å². The maximum Gasteiger partial charge on any atom is 0.319 e. The first-order valence-electron chi connectivity index (χ1n) is 7.84. The van der Waals surface area contributed by atoms with Gasteiger partial charge in [0.1, 0.15) is 22.7 Å². The number of hydrogen-bond acceptors (Lipinski definition) is 9. The molecule has 2 aromatic rings. The molecule has 0 aliphatic heterocycles. The van der Waals surface area contributed by atoms with Gasteiger partial charge in [0.05, 0.1) is 13.1 Å². The first kappa shape index (κ1) is 20.3. The second-order valence-corrected chi connectivity index (χ2v) is 5.45. The molecule has 2 aromatic carbocycles. The average Bonchev–Trinajstić information content (AvgIpc) is 2.70. The third-order valence-corrected chi connectivity index (χ3v) is 3.68. The van der Waals surface area contributed by atoms with E-state index in [1.807, 2.05) is 0 Å². The highest BCUT2D eigenvalue weighted by Crippen LogP contribution is 2.15. The second kappa shape index (κ2) is 8.11. The number of likely N-dealkylation sites (N-methyl/N-ethyl adjacent to an activating group) is 1. The van der Waals surface area contributed by atoms with Crippen molar-refractivity contribution >= 4 is 40.6 Å². The maximum absolute atomic E-state index is 12.0. The van der Waals surface area contributed by atoms with E-state index in [1.165, 1.54) is 14.1 Å². The van der Waals surface area contributed by atoms with E-state index in [9.17, 15) is 33.6 Å². The van der Waals surface area contributed by atoms with Crippen molar-refractivity contribution in [2.24, 2.45) is 0 Å². The summed E-state index contributed by atoms with van der Waals surface area (Å²) in [6.07, 6.45) is 0. The van der Waals surface area contributed by atoms with Crippen LogP contribution >= 0.6 is 0 Å². The molecule has 0 heterocycles. The van der Waals surface area contributed by atoms with Gasteiger partial charge in [-0.25, -0.2) is 4.79 Å². The minimum Gasteiger partial charge on any atom is -0.371 e. The largest absolute Gasteiger partial charge is 0.371 e. The highest BCUT2D eigenvalue weighted by molar-refractivity contribution is 6.00. The van der Waals surface area contributed by atoms with Gasteiger partial charge >= 0.3 is 6.03 Å². The summed E-state index contributed by atoms with van der Waals surface area (Å²) in [6, 6.07) is -0.727. The van der Waals surface area contributed by atoms with E-state index in [1.54, 1.807) is 0 Å². The van der Waals surface area contributed by atoms with Gasteiger partial charge in [-0.05, 0) is 0 Å². The van der Waals surface area contributed by atoms with E-state index in [0.29, 0.717) is 0 Å². The van der Waals surface area contributed by atoms with Gasteiger partial charge in [-0.2, -0.15) is 0 Å². The standard InChI is InChI=1S/C15H16N6O7/c1-16-5(22)3-18-7-9(13(26)11(7)24)20-6(23)4-19-8-10(14(27)12(8)25)21-15(28)17-2/h18-19H,3-4H2,1-2H3,(H,16,22)(H,20,23)(H2,17,21,28). The van der Waals surface area contributed by atoms with Crippen LogP contribution in [0.25, 0.3) is 0 Å².